The van der Waals surface area contributed by atoms with Gasteiger partial charge in [0.25, 0.3) is 0 Å². The summed E-state index contributed by atoms with van der Waals surface area (Å²) in [5.74, 6) is 3.63. The first-order chi connectivity index (χ1) is 27.6. The first-order valence-corrected chi connectivity index (χ1v) is 22.3. The van der Waals surface area contributed by atoms with Crippen LogP contribution in [-0.2, 0) is 37.8 Å². The number of rotatable bonds is 23. The van der Waals surface area contributed by atoms with Crippen LogP contribution in [0.3, 0.4) is 0 Å². The number of carbonyl (C=O) groups excluding carboxylic acids is 2. The smallest absolute Gasteiger partial charge is 0.379 e. The molecule has 0 radical (unpaired) electrons. The average molecular weight is 836 g/mol. The zero-order valence-electron chi connectivity index (χ0n) is 36.1. The van der Waals surface area contributed by atoms with Gasteiger partial charge in [-0.15, -0.1) is 0 Å². The first-order valence-electron chi connectivity index (χ1n) is 19.8. The fraction of sp³-hybridized carbons (Fsp3) is 0.488. The minimum absolute atomic E-state index is 0.0135. The van der Waals surface area contributed by atoms with Crippen molar-refractivity contribution < 1.29 is 27.7 Å². The van der Waals surface area contributed by atoms with Crippen molar-refractivity contribution in [2.75, 3.05) is 100 Å². The molecule has 314 valence electrons. The van der Waals surface area contributed by atoms with Gasteiger partial charge in [-0.05, 0) is 36.4 Å². The minimum atomic E-state index is -0.0319. The van der Waals surface area contributed by atoms with Crippen molar-refractivity contribution in [3.8, 4) is 0 Å². The highest BCUT2D eigenvalue weighted by atomic mass is 33.1. The molecule has 4 rings (SSSR count). The van der Waals surface area contributed by atoms with E-state index in [1.54, 1.807) is 0 Å². The first kappa shape index (κ1) is 46.0. The van der Waals surface area contributed by atoms with E-state index < -0.39 is 0 Å². The maximum atomic E-state index is 12.1. The molecule has 17 heteroatoms. The lowest BCUT2D eigenvalue weighted by atomic mass is 10.1. The molecule has 0 atom stereocenters. The zero-order valence-corrected chi connectivity index (χ0v) is 37.7. The van der Waals surface area contributed by atoms with Gasteiger partial charge >= 0.3 is 11.9 Å². The maximum Gasteiger partial charge on any atom is 0.421 e. The van der Waals surface area contributed by atoms with E-state index in [1.165, 1.54) is 0 Å². The van der Waals surface area contributed by atoms with Gasteiger partial charge in [0.15, 0.2) is 0 Å². The van der Waals surface area contributed by atoms with Crippen LogP contribution < -0.4 is 30.4 Å². The number of aromatic nitrogens is 4. The fourth-order valence-corrected chi connectivity index (χ4v) is 8.38. The van der Waals surface area contributed by atoms with Gasteiger partial charge in [0.1, 0.15) is 11.9 Å². The van der Waals surface area contributed by atoms with Gasteiger partial charge in [0, 0.05) is 40.6 Å². The van der Waals surface area contributed by atoms with Crippen molar-refractivity contribution in [1.82, 2.24) is 9.13 Å². The molecule has 0 saturated heterocycles. The second kappa shape index (κ2) is 21.9. The molecule has 0 bridgehead atoms. The van der Waals surface area contributed by atoms with E-state index in [0.717, 1.165) is 99.9 Å². The Kier molecular flexibility index (Phi) is 17.3. The Balaban J connectivity index is 1.22. The van der Waals surface area contributed by atoms with Gasteiger partial charge < -0.3 is 30.2 Å². The normalized spacial score (nSPS) is 12.1. The molecule has 2 aromatic heterocycles. The molecule has 0 unspecified atom stereocenters. The predicted octanol–water partition coefficient (Wildman–Crippen LogP) is 5.93. The lowest BCUT2D eigenvalue weighted by molar-refractivity contribution is -0.886. The number of nitrogens with zero attached hydrogens (tertiary/aromatic N) is 9. The maximum absolute atomic E-state index is 12.1. The van der Waals surface area contributed by atoms with Crippen LogP contribution in [0.4, 0.5) is 40.3 Å². The van der Waals surface area contributed by atoms with Gasteiger partial charge in [-0.2, -0.15) is 0 Å². The van der Waals surface area contributed by atoms with Crippen molar-refractivity contribution in [2.45, 2.75) is 26.7 Å². The van der Waals surface area contributed by atoms with E-state index >= 15 is 0 Å². The van der Waals surface area contributed by atoms with Crippen LogP contribution in [0.1, 0.15) is 32.3 Å². The number of aliphatic imine (C=N–C) groups is 1. The largest absolute Gasteiger partial charge is 0.421 e. The van der Waals surface area contributed by atoms with Crippen molar-refractivity contribution in [3.63, 3.8) is 0 Å². The summed E-state index contributed by atoms with van der Waals surface area (Å²) in [6.45, 7) is 9.16. The summed E-state index contributed by atoms with van der Waals surface area (Å²) >= 11 is 0. The van der Waals surface area contributed by atoms with Crippen LogP contribution in [0.15, 0.2) is 76.4 Å². The summed E-state index contributed by atoms with van der Waals surface area (Å²) in [6.07, 6.45) is 10.5. The Hall–Kier alpha value is -4.71. The summed E-state index contributed by atoms with van der Waals surface area (Å²) in [5.41, 5.74) is 4.94. The Labute approximate surface area is 352 Å². The van der Waals surface area contributed by atoms with Crippen molar-refractivity contribution >= 4 is 80.0 Å². The van der Waals surface area contributed by atoms with Crippen molar-refractivity contribution in [2.24, 2.45) is 43.4 Å². The average Bonchev–Trinajstić information content (AvgIpc) is 3.68. The molecule has 0 saturated carbocycles. The summed E-state index contributed by atoms with van der Waals surface area (Å²) in [7, 11) is 20.8. The number of anilines is 4. The molecule has 0 fully saturated rings. The van der Waals surface area contributed by atoms with Crippen LogP contribution in [0, 0.1) is 0 Å². The van der Waals surface area contributed by atoms with Gasteiger partial charge in [-0.1, -0.05) is 45.5 Å². The topological polar surface area (TPSA) is 137 Å². The van der Waals surface area contributed by atoms with E-state index in [0.29, 0.717) is 18.5 Å². The molecule has 15 nitrogen and oxygen atoms in total. The van der Waals surface area contributed by atoms with Crippen LogP contribution >= 0.6 is 21.6 Å². The predicted molar refractivity (Wildman–Crippen MR) is 241 cm³/mol. The third-order valence-electron chi connectivity index (χ3n) is 9.82. The third-order valence-corrected chi connectivity index (χ3v) is 12.2. The minimum Gasteiger partial charge on any atom is -0.379 e. The molecule has 2 aromatic carbocycles. The van der Waals surface area contributed by atoms with E-state index in [4.69, 9.17) is 4.99 Å². The Morgan fingerprint density at radius 3 is 1.72 bits per heavy atom. The molecule has 0 aliphatic rings. The second-order valence-electron chi connectivity index (χ2n) is 15.7. The number of likely N-dealkylation sites (N-methyl/N-ethyl adjacent to an activating group) is 2. The quantitative estimate of drug-likeness (QED) is 0.0183. The van der Waals surface area contributed by atoms with Crippen LogP contribution in [-0.4, -0.2) is 115 Å². The summed E-state index contributed by atoms with van der Waals surface area (Å²) < 4.78 is 9.55. The highest BCUT2D eigenvalue weighted by Crippen LogP contribution is 2.30. The van der Waals surface area contributed by atoms with E-state index in [9.17, 15) is 9.59 Å². The van der Waals surface area contributed by atoms with Crippen LogP contribution in [0.2, 0.25) is 0 Å². The molecular formula is C41H65N13O2S2+4. The van der Waals surface area contributed by atoms with E-state index in [-0.39, 0.29) is 11.8 Å². The molecule has 4 N–H and O–H groups in total. The number of aryl methyl sites for hydroxylation is 4. The third kappa shape index (κ3) is 14.6. The highest BCUT2D eigenvalue weighted by molar-refractivity contribution is 8.76. The molecule has 0 spiro atoms. The summed E-state index contributed by atoms with van der Waals surface area (Å²) in [5, 5.41) is 22.2. The van der Waals surface area contributed by atoms with Crippen LogP contribution in [0.5, 0.6) is 0 Å². The van der Waals surface area contributed by atoms with Crippen molar-refractivity contribution in [1.29, 1.82) is 0 Å². The number of quaternary nitrogens is 2. The van der Waals surface area contributed by atoms with Gasteiger partial charge in [0.2, 0.25) is 11.8 Å². The molecule has 2 amide bonds. The Morgan fingerprint density at radius 1 is 0.707 bits per heavy atom. The number of carbonyl (C=O) groups is 2. The standard InChI is InChI=1S/C41H61N13O2S2/c1-11-38(55)45-33-14-13-32(31-44-40-49(3)19-20-50(40)4)36(29-33)42-17-23-53(7,8)25-27-57-58-28-26-54(9,10)24-18-43-37-30-34(46-39(56)12-2)15-16-35(37)47-48-41-51(5)21-22-52(41)6/h13-16,19-22,29-31H,11-12,17-18,23-28H2,1-10H3/p+4. The highest BCUT2D eigenvalue weighted by Gasteiger charge is 2.19. The fourth-order valence-electron chi connectivity index (χ4n) is 5.85. The number of benzene rings is 2. The number of azo groups is 1. The molecule has 0 aliphatic heterocycles. The monoisotopic (exact) mass is 835 g/mol. The number of nitrogens with one attached hydrogen (secondary N) is 4. The van der Waals surface area contributed by atoms with E-state index in [1.807, 2.05) is 149 Å². The van der Waals surface area contributed by atoms with Crippen molar-refractivity contribution in [3.05, 3.63) is 66.7 Å². The summed E-state index contributed by atoms with van der Waals surface area (Å²) in [4.78, 5) is 28.9. The Bertz CT molecular complexity index is 1850. The van der Waals surface area contributed by atoms with Gasteiger partial charge in [0.05, 0.1) is 138 Å². The second-order valence-corrected chi connectivity index (χ2v) is 18.4. The molecule has 2 heterocycles. The lowest BCUT2D eigenvalue weighted by Crippen LogP contribution is -2.45. The Morgan fingerprint density at radius 2 is 1.21 bits per heavy atom. The molecule has 4 aromatic rings. The lowest BCUT2D eigenvalue weighted by Gasteiger charge is -2.31. The number of hydrogen-bond acceptors (Lipinski definition) is 9. The SMILES string of the molecule is CCC(=O)Nc1ccc(/C=N/c2n(C)cc[n+]2C)c(NCC[N+](C)(C)CCSSCC[N+](C)(C)CCNc2cc(NC(=O)CC)ccc2N=Nc2n(C)cc[n+]2C)c1. The molecular weight excluding hydrogens is 771 g/mol. The van der Waals surface area contributed by atoms with Gasteiger partial charge in [-0.25, -0.2) is 18.3 Å². The number of imidazole rings is 2. The van der Waals surface area contributed by atoms with Gasteiger partial charge in [-0.3, -0.25) is 9.59 Å². The summed E-state index contributed by atoms with van der Waals surface area (Å²) in [6, 6.07) is 11.6. The molecule has 58 heavy (non-hydrogen) atoms. The number of hydrogen-bond donors (Lipinski definition) is 4. The van der Waals surface area contributed by atoms with E-state index in [2.05, 4.69) is 59.7 Å². The van der Waals surface area contributed by atoms with Crippen LogP contribution in [0.25, 0.3) is 0 Å². The molecule has 0 aliphatic carbocycles. The zero-order chi connectivity index (χ0) is 42.3. The number of amides is 2.